The molecule has 0 bridgehead atoms. The molecule has 3 nitrogen and oxygen atoms in total. The maximum atomic E-state index is 14.4. The largest absolute Gasteiger partial charge is 0.268 e. The summed E-state index contributed by atoms with van der Waals surface area (Å²) in [6.45, 7) is 16.2. The molecule has 0 radical (unpaired) electrons. The Morgan fingerprint density at radius 1 is 0.525 bits per heavy atom. The van der Waals surface area contributed by atoms with Crippen molar-refractivity contribution in [2.24, 2.45) is 0 Å². The third-order valence-corrected chi connectivity index (χ3v) is 13.2. The second-order valence-corrected chi connectivity index (χ2v) is 23.9. The summed E-state index contributed by atoms with van der Waals surface area (Å²) < 4.78 is 1.42. The van der Waals surface area contributed by atoms with Gasteiger partial charge in [-0.15, -0.1) is 0 Å². The third kappa shape index (κ3) is 2.79. The van der Waals surface area contributed by atoms with Gasteiger partial charge in [-0.2, -0.15) is 0 Å². The third-order valence-electron chi connectivity index (χ3n) is 9.13. The van der Waals surface area contributed by atoms with Crippen LogP contribution in [0.4, 0.5) is 0 Å². The predicted octanol–water partition coefficient (Wildman–Crippen LogP) is 7.27. The molecule has 7 aromatic carbocycles. The van der Waals surface area contributed by atoms with Crippen molar-refractivity contribution in [3.8, 4) is 5.69 Å². The highest BCUT2D eigenvalue weighted by Gasteiger charge is 2.32. The van der Waals surface area contributed by atoms with Gasteiger partial charge in [0.2, 0.25) is 0 Å². The van der Waals surface area contributed by atoms with Crippen molar-refractivity contribution in [1.29, 1.82) is 0 Å². The lowest BCUT2D eigenvalue weighted by atomic mass is 9.95. The molecule has 0 aliphatic heterocycles. The molecule has 1 heterocycles. The number of nitrogens with zero attached hydrogens (tertiary/aromatic N) is 1. The minimum atomic E-state index is -1.81. The summed E-state index contributed by atoms with van der Waals surface area (Å²) in [5.74, 6) is 0. The highest BCUT2D eigenvalue weighted by atomic mass is 28.3. The number of aromatic nitrogens is 1. The maximum Gasteiger partial charge on any atom is 0.266 e. The van der Waals surface area contributed by atoms with Crippen LogP contribution in [-0.4, -0.2) is 20.7 Å². The van der Waals surface area contributed by atoms with Crippen LogP contribution in [0.5, 0.6) is 0 Å². The monoisotopic (exact) mass is 553 g/mol. The Morgan fingerprint density at radius 3 is 1.45 bits per heavy atom. The standard InChI is InChI=1S/C35H31NO2Si2/c1-18-9-8-10-20(15-18)36-34(37)32-23-16-25(39(2,3)4)21-13-11-19-12-14-22-26(40(5,6)7)17-24(33(32)35(36)38)31-29(22)27(19)28(21)30(23)31/h8-17H,1-7H3. The van der Waals surface area contributed by atoms with E-state index in [0.29, 0.717) is 16.5 Å². The van der Waals surface area contributed by atoms with Gasteiger partial charge in [-0.3, -0.25) is 9.59 Å². The van der Waals surface area contributed by atoms with Crippen LogP contribution in [0.3, 0.4) is 0 Å². The van der Waals surface area contributed by atoms with Crippen molar-refractivity contribution in [3.05, 3.63) is 86.9 Å². The molecule has 0 saturated carbocycles. The van der Waals surface area contributed by atoms with Crippen LogP contribution in [0.2, 0.25) is 39.3 Å². The lowest BCUT2D eigenvalue weighted by molar-refractivity contribution is 0.989. The van der Waals surface area contributed by atoms with Crippen molar-refractivity contribution < 1.29 is 0 Å². The maximum absolute atomic E-state index is 14.4. The summed E-state index contributed by atoms with van der Waals surface area (Å²) in [6.07, 6.45) is 0. The number of hydrogen-bond acceptors (Lipinski definition) is 2. The van der Waals surface area contributed by atoms with Gasteiger partial charge >= 0.3 is 0 Å². The average Bonchev–Trinajstić information content (AvgIpc) is 3.37. The van der Waals surface area contributed by atoms with E-state index in [1.54, 1.807) is 0 Å². The normalized spacial score (nSPS) is 13.6. The number of fused-ring (bicyclic) bond motifs is 3. The lowest BCUT2D eigenvalue weighted by Crippen LogP contribution is -2.38. The molecule has 0 atom stereocenters. The van der Waals surface area contributed by atoms with Gasteiger partial charge in [0.15, 0.2) is 0 Å². The summed E-state index contributed by atoms with van der Waals surface area (Å²) in [5.41, 5.74) is 1.26. The second kappa shape index (κ2) is 7.28. The molecule has 8 rings (SSSR count). The van der Waals surface area contributed by atoms with Crippen LogP contribution in [0.25, 0.3) is 70.3 Å². The number of aryl methyl sites for hydroxylation is 1. The first-order valence-electron chi connectivity index (χ1n) is 14.1. The van der Waals surface area contributed by atoms with E-state index in [1.165, 1.54) is 47.3 Å². The number of benzene rings is 6. The van der Waals surface area contributed by atoms with Gasteiger partial charge in [0.05, 0.1) is 32.6 Å². The van der Waals surface area contributed by atoms with Gasteiger partial charge in [0.1, 0.15) is 0 Å². The quantitative estimate of drug-likeness (QED) is 0.171. The highest BCUT2D eigenvalue weighted by molar-refractivity contribution is 6.91. The van der Waals surface area contributed by atoms with Crippen molar-refractivity contribution in [3.63, 3.8) is 0 Å². The second-order valence-electron chi connectivity index (χ2n) is 13.8. The first kappa shape index (κ1) is 24.0. The summed E-state index contributed by atoms with van der Waals surface area (Å²) in [4.78, 5) is 28.9. The SMILES string of the molecule is Cc1cccc(-n2c(=O)c3c4cc([Si](C)(C)C)c5ccc6ccc7c([Si](C)(C)C)cc(c3c2=O)c2c7c6c5c42)c1. The minimum Gasteiger partial charge on any atom is -0.268 e. The van der Waals surface area contributed by atoms with Crippen LogP contribution in [0, 0.1) is 6.92 Å². The Bertz CT molecular complexity index is 2300. The molecule has 0 aliphatic rings. The fourth-order valence-electron chi connectivity index (χ4n) is 7.43. The molecule has 0 spiro atoms. The van der Waals surface area contributed by atoms with Crippen LogP contribution < -0.4 is 21.5 Å². The molecular formula is C35H31NO2Si2. The van der Waals surface area contributed by atoms with Crippen molar-refractivity contribution >= 4 is 91.2 Å². The van der Waals surface area contributed by atoms with Crippen LogP contribution in [0.1, 0.15) is 5.56 Å². The summed E-state index contributed by atoms with van der Waals surface area (Å²) in [6, 6.07) is 21.4. The molecule has 8 aromatic rings. The molecule has 1 aromatic heterocycles. The summed E-state index contributed by atoms with van der Waals surface area (Å²) in [5, 5.41) is 15.8. The molecule has 0 N–H and O–H groups in total. The lowest BCUT2D eigenvalue weighted by Gasteiger charge is -2.21. The van der Waals surface area contributed by atoms with E-state index < -0.39 is 16.1 Å². The predicted molar refractivity (Wildman–Crippen MR) is 179 cm³/mol. The Labute approximate surface area is 234 Å². The van der Waals surface area contributed by atoms with Crippen LogP contribution in [-0.2, 0) is 0 Å². The van der Waals surface area contributed by atoms with Gasteiger partial charge in [0, 0.05) is 0 Å². The van der Waals surface area contributed by atoms with Gasteiger partial charge in [-0.05, 0) is 78.5 Å². The van der Waals surface area contributed by atoms with E-state index in [9.17, 15) is 9.59 Å². The van der Waals surface area contributed by atoms with Gasteiger partial charge in [-0.1, -0.05) is 98.2 Å². The smallest absolute Gasteiger partial charge is 0.266 e. The van der Waals surface area contributed by atoms with E-state index in [2.05, 4.69) is 75.7 Å². The zero-order valence-electron chi connectivity index (χ0n) is 24.0. The van der Waals surface area contributed by atoms with Crippen molar-refractivity contribution in [1.82, 2.24) is 4.57 Å². The minimum absolute atomic E-state index is 0.203. The topological polar surface area (TPSA) is 39.1 Å². The molecule has 0 fully saturated rings. The average molecular weight is 554 g/mol. The molecule has 0 unspecified atom stereocenters. The van der Waals surface area contributed by atoms with E-state index in [0.717, 1.165) is 27.1 Å². The first-order chi connectivity index (χ1) is 18.9. The molecule has 40 heavy (non-hydrogen) atoms. The van der Waals surface area contributed by atoms with E-state index in [-0.39, 0.29) is 11.1 Å². The zero-order valence-corrected chi connectivity index (χ0v) is 26.0. The molecule has 0 amide bonds. The fourth-order valence-corrected chi connectivity index (χ4v) is 10.6. The Hall–Kier alpha value is -3.81. The first-order valence-corrected chi connectivity index (χ1v) is 21.1. The molecular weight excluding hydrogens is 523 g/mol. The van der Waals surface area contributed by atoms with Gasteiger partial charge in [-0.25, -0.2) is 4.57 Å². The number of hydrogen-bond donors (Lipinski definition) is 0. The Morgan fingerprint density at radius 2 is 1.00 bits per heavy atom. The van der Waals surface area contributed by atoms with Crippen LogP contribution in [0.15, 0.2) is 70.3 Å². The van der Waals surface area contributed by atoms with Gasteiger partial charge < -0.3 is 0 Å². The Kier molecular flexibility index (Phi) is 4.37. The van der Waals surface area contributed by atoms with Crippen molar-refractivity contribution in [2.45, 2.75) is 46.2 Å². The van der Waals surface area contributed by atoms with E-state index in [1.807, 2.05) is 31.2 Å². The van der Waals surface area contributed by atoms with Crippen LogP contribution >= 0.6 is 0 Å². The Balaban J connectivity index is 1.77. The molecule has 0 saturated heterocycles. The summed E-state index contributed by atoms with van der Waals surface area (Å²) >= 11 is 0. The zero-order chi connectivity index (χ0) is 28.0. The number of rotatable bonds is 3. The summed E-state index contributed by atoms with van der Waals surface area (Å²) in [7, 11) is -3.63. The molecule has 0 aliphatic carbocycles. The fraction of sp³-hybridized carbons (Fsp3) is 0.200. The van der Waals surface area contributed by atoms with E-state index >= 15 is 0 Å². The van der Waals surface area contributed by atoms with Gasteiger partial charge in [0.25, 0.3) is 11.1 Å². The molecule has 5 heteroatoms. The molecule has 196 valence electrons. The van der Waals surface area contributed by atoms with Crippen molar-refractivity contribution in [2.75, 3.05) is 0 Å². The van der Waals surface area contributed by atoms with E-state index in [4.69, 9.17) is 0 Å². The highest BCUT2D eigenvalue weighted by Crippen LogP contribution is 2.49.